The van der Waals surface area contributed by atoms with E-state index in [0.717, 1.165) is 18.5 Å². The lowest BCUT2D eigenvalue weighted by Gasteiger charge is -2.15. The molecule has 0 radical (unpaired) electrons. The fraction of sp³-hybridized carbons (Fsp3) is 0.381. The molecule has 0 unspecified atom stereocenters. The normalized spacial score (nSPS) is 11.5. The number of aryl methyl sites for hydroxylation is 1. The largest absolute Gasteiger partial charge is 0.490 e. The summed E-state index contributed by atoms with van der Waals surface area (Å²) >= 11 is 0. The lowest BCUT2D eigenvalue weighted by Crippen LogP contribution is -2.32. The minimum atomic E-state index is -0.598. The molecule has 0 spiro atoms. The maximum Gasteiger partial charge on any atom is 0.166 e. The number of hydrogen-bond donors (Lipinski definition) is 2. The van der Waals surface area contributed by atoms with E-state index in [1.54, 1.807) is 12.1 Å². The zero-order valence-electron chi connectivity index (χ0n) is 15.2. The molecule has 2 N–H and O–H groups in total. The van der Waals surface area contributed by atoms with Crippen molar-refractivity contribution in [2.24, 2.45) is 0 Å². The van der Waals surface area contributed by atoms with Crippen LogP contribution >= 0.6 is 12.4 Å². The van der Waals surface area contributed by atoms with Gasteiger partial charge in [-0.3, -0.25) is 4.79 Å². The Kier molecular flexibility index (Phi) is 10.6. The van der Waals surface area contributed by atoms with Crippen LogP contribution in [0.5, 0.6) is 5.75 Å². The highest BCUT2D eigenvalue weighted by atomic mass is 35.5. The van der Waals surface area contributed by atoms with E-state index in [1.807, 2.05) is 42.5 Å². The Bertz CT molecular complexity index is 649. The number of hydrogen-bond acceptors (Lipinski definition) is 4. The minimum Gasteiger partial charge on any atom is -0.490 e. The van der Waals surface area contributed by atoms with Crippen LogP contribution < -0.4 is 10.1 Å². The second-order valence-corrected chi connectivity index (χ2v) is 6.07. The predicted molar refractivity (Wildman–Crippen MR) is 107 cm³/mol. The molecular weight excluding hydrogens is 350 g/mol. The number of halogens is 1. The third-order valence-electron chi connectivity index (χ3n) is 3.91. The summed E-state index contributed by atoms with van der Waals surface area (Å²) in [6.07, 6.45) is 1.56. The molecule has 2 rings (SSSR count). The van der Waals surface area contributed by atoms with E-state index >= 15 is 0 Å². The summed E-state index contributed by atoms with van der Waals surface area (Å²) in [4.78, 5) is 12.5. The molecular formula is C21H28ClNO3. The molecule has 5 heteroatoms. The third kappa shape index (κ3) is 7.56. The van der Waals surface area contributed by atoms with E-state index in [9.17, 15) is 9.90 Å². The van der Waals surface area contributed by atoms with Crippen molar-refractivity contribution in [3.05, 3.63) is 65.7 Å². The van der Waals surface area contributed by atoms with Crippen molar-refractivity contribution in [2.45, 2.75) is 32.3 Å². The molecule has 0 heterocycles. The zero-order valence-corrected chi connectivity index (χ0v) is 16.0. The van der Waals surface area contributed by atoms with Crippen molar-refractivity contribution in [1.82, 2.24) is 5.32 Å². The summed E-state index contributed by atoms with van der Waals surface area (Å²) in [6.45, 7) is 3.59. The Morgan fingerprint density at radius 2 is 1.81 bits per heavy atom. The fourth-order valence-electron chi connectivity index (χ4n) is 2.55. The van der Waals surface area contributed by atoms with Crippen molar-refractivity contribution in [1.29, 1.82) is 0 Å². The molecule has 2 aromatic carbocycles. The SMILES string of the molecule is CCCNC[C@@H](O)COc1ccccc1C(=O)CCc1ccccc1.Cl. The lowest BCUT2D eigenvalue weighted by atomic mass is 10.0. The van der Waals surface area contributed by atoms with E-state index in [2.05, 4.69) is 12.2 Å². The summed E-state index contributed by atoms with van der Waals surface area (Å²) < 4.78 is 5.69. The van der Waals surface area contributed by atoms with Gasteiger partial charge in [-0.2, -0.15) is 0 Å². The highest BCUT2D eigenvalue weighted by molar-refractivity contribution is 5.98. The summed E-state index contributed by atoms with van der Waals surface area (Å²) in [5.41, 5.74) is 1.72. The summed E-state index contributed by atoms with van der Waals surface area (Å²) in [6, 6.07) is 17.2. The lowest BCUT2D eigenvalue weighted by molar-refractivity contribution is 0.0950. The standard InChI is InChI=1S/C21H27NO3.ClH/c1-2-14-22-15-18(23)16-25-21-11-7-6-10-19(21)20(24)13-12-17-8-4-3-5-9-17;/h3-11,18,22-23H,2,12-16H2,1H3;1H/t18-;/m1./s1. The van der Waals surface area contributed by atoms with Crippen LogP contribution in [0.2, 0.25) is 0 Å². The van der Waals surface area contributed by atoms with Crippen LogP contribution in [0.3, 0.4) is 0 Å². The van der Waals surface area contributed by atoms with E-state index < -0.39 is 6.10 Å². The number of rotatable bonds is 11. The molecule has 2 aromatic rings. The zero-order chi connectivity index (χ0) is 17.9. The Hall–Kier alpha value is -1.88. The molecule has 0 fully saturated rings. The molecule has 0 bridgehead atoms. The molecule has 142 valence electrons. The second-order valence-electron chi connectivity index (χ2n) is 6.07. The smallest absolute Gasteiger partial charge is 0.166 e. The van der Waals surface area contributed by atoms with Gasteiger partial charge in [0, 0.05) is 13.0 Å². The van der Waals surface area contributed by atoms with Gasteiger partial charge in [0.2, 0.25) is 0 Å². The van der Waals surface area contributed by atoms with Crippen LogP contribution in [0.1, 0.15) is 35.7 Å². The van der Waals surface area contributed by atoms with Gasteiger partial charge < -0.3 is 15.2 Å². The topological polar surface area (TPSA) is 58.6 Å². The number of ether oxygens (including phenoxy) is 1. The molecule has 26 heavy (non-hydrogen) atoms. The molecule has 0 amide bonds. The fourth-order valence-corrected chi connectivity index (χ4v) is 2.55. The van der Waals surface area contributed by atoms with E-state index in [1.165, 1.54) is 0 Å². The highest BCUT2D eigenvalue weighted by Crippen LogP contribution is 2.20. The molecule has 0 saturated carbocycles. The maximum absolute atomic E-state index is 12.5. The van der Waals surface area contributed by atoms with Gasteiger partial charge >= 0.3 is 0 Å². The van der Waals surface area contributed by atoms with E-state index in [0.29, 0.717) is 30.7 Å². The predicted octanol–water partition coefficient (Wildman–Crippen LogP) is 3.66. The van der Waals surface area contributed by atoms with Gasteiger partial charge in [0.1, 0.15) is 18.5 Å². The molecule has 0 aliphatic heterocycles. The molecule has 1 atom stereocenters. The first kappa shape index (κ1) is 22.2. The highest BCUT2D eigenvalue weighted by Gasteiger charge is 2.13. The number of carbonyl (C=O) groups is 1. The number of para-hydroxylation sites is 1. The number of ketones is 1. The van der Waals surface area contributed by atoms with E-state index in [4.69, 9.17) is 4.74 Å². The van der Waals surface area contributed by atoms with Gasteiger partial charge in [-0.25, -0.2) is 0 Å². The number of carbonyl (C=O) groups excluding carboxylic acids is 1. The first-order valence-electron chi connectivity index (χ1n) is 8.88. The number of Topliss-reactive ketones (excluding diaryl/α,β-unsaturated/α-hetero) is 1. The van der Waals surface area contributed by atoms with Crippen LogP contribution in [0.15, 0.2) is 54.6 Å². The van der Waals surface area contributed by atoms with Crippen molar-refractivity contribution in [2.75, 3.05) is 19.7 Å². The summed E-state index contributed by atoms with van der Waals surface area (Å²) in [7, 11) is 0. The van der Waals surface area contributed by atoms with Gasteiger partial charge in [-0.15, -0.1) is 12.4 Å². The van der Waals surface area contributed by atoms with Crippen LogP contribution in [0.25, 0.3) is 0 Å². The van der Waals surface area contributed by atoms with Gasteiger partial charge in [-0.05, 0) is 37.1 Å². The molecule has 0 aliphatic rings. The number of aliphatic hydroxyl groups is 1. The van der Waals surface area contributed by atoms with Crippen molar-refractivity contribution >= 4 is 18.2 Å². The minimum absolute atomic E-state index is 0. The number of benzene rings is 2. The number of nitrogens with one attached hydrogen (secondary N) is 1. The monoisotopic (exact) mass is 377 g/mol. The van der Waals surface area contributed by atoms with Crippen LogP contribution in [0, 0.1) is 0 Å². The molecule has 0 aromatic heterocycles. The summed E-state index contributed by atoms with van der Waals surface area (Å²) in [5, 5.41) is 13.1. The van der Waals surface area contributed by atoms with E-state index in [-0.39, 0.29) is 24.8 Å². The Balaban J connectivity index is 0.00000338. The average Bonchev–Trinajstić information content (AvgIpc) is 2.66. The average molecular weight is 378 g/mol. The first-order chi connectivity index (χ1) is 12.2. The van der Waals surface area contributed by atoms with Crippen molar-refractivity contribution in [3.63, 3.8) is 0 Å². The Morgan fingerprint density at radius 3 is 2.54 bits per heavy atom. The molecule has 0 saturated heterocycles. The first-order valence-corrected chi connectivity index (χ1v) is 8.88. The maximum atomic E-state index is 12.5. The van der Waals surface area contributed by atoms with Gasteiger partial charge in [-0.1, -0.05) is 49.4 Å². The van der Waals surface area contributed by atoms with Crippen molar-refractivity contribution in [3.8, 4) is 5.75 Å². The van der Waals surface area contributed by atoms with Gasteiger partial charge in [0.25, 0.3) is 0 Å². The van der Waals surface area contributed by atoms with Crippen LogP contribution in [-0.4, -0.2) is 36.7 Å². The quantitative estimate of drug-likeness (QED) is 0.463. The molecule has 0 aliphatic carbocycles. The Labute approximate surface area is 162 Å². The van der Waals surface area contributed by atoms with Crippen LogP contribution in [-0.2, 0) is 6.42 Å². The van der Waals surface area contributed by atoms with Gasteiger partial charge in [0.05, 0.1) is 5.56 Å². The van der Waals surface area contributed by atoms with Gasteiger partial charge in [0.15, 0.2) is 5.78 Å². The Morgan fingerprint density at radius 1 is 1.12 bits per heavy atom. The second kappa shape index (κ2) is 12.5. The van der Waals surface area contributed by atoms with Crippen LogP contribution in [0.4, 0.5) is 0 Å². The third-order valence-corrected chi connectivity index (χ3v) is 3.91. The molecule has 4 nitrogen and oxygen atoms in total. The summed E-state index contributed by atoms with van der Waals surface area (Å²) in [5.74, 6) is 0.591. The number of aliphatic hydroxyl groups excluding tert-OH is 1. The van der Waals surface area contributed by atoms with Crippen molar-refractivity contribution < 1.29 is 14.6 Å².